The summed E-state index contributed by atoms with van der Waals surface area (Å²) >= 11 is 12.3. The van der Waals surface area contributed by atoms with Crippen molar-refractivity contribution in [1.29, 1.82) is 0 Å². The van der Waals surface area contributed by atoms with Crippen LogP contribution in [-0.4, -0.2) is 35.6 Å². The predicted molar refractivity (Wildman–Crippen MR) is 138 cm³/mol. The van der Waals surface area contributed by atoms with E-state index in [1.54, 1.807) is 66.7 Å². The molecule has 5 aromatic rings. The highest BCUT2D eigenvalue weighted by Gasteiger charge is 2.17. The Labute approximate surface area is 214 Å². The fourth-order valence-corrected chi connectivity index (χ4v) is 3.94. The van der Waals surface area contributed by atoms with Crippen molar-refractivity contribution in [3.63, 3.8) is 0 Å². The van der Waals surface area contributed by atoms with Crippen molar-refractivity contribution in [2.24, 2.45) is 5.10 Å². The summed E-state index contributed by atoms with van der Waals surface area (Å²) in [7, 11) is 1.27. The Hall–Kier alpha value is -4.14. The maximum absolute atomic E-state index is 13.4. The molecule has 2 heterocycles. The number of halogens is 2. The minimum Gasteiger partial charge on any atom is -0.481 e. The van der Waals surface area contributed by atoms with E-state index in [9.17, 15) is 9.59 Å². The van der Waals surface area contributed by atoms with Crippen LogP contribution in [0.2, 0.25) is 10.0 Å². The van der Waals surface area contributed by atoms with Crippen LogP contribution in [0.25, 0.3) is 33.5 Å². The van der Waals surface area contributed by atoms with E-state index < -0.39 is 11.5 Å². The number of hydrogen-bond donors (Lipinski definition) is 0. The molecule has 0 atom stereocenters. The number of benzene rings is 3. The zero-order chi connectivity index (χ0) is 25.2. The standard InChI is InChI=1S/C26H17Cl2N3O5/c1-34-24(32)14-35-21-8-6-18(28)11-16(21)13-29-31-25(30-20-5-3-2-4-19(20)26(31)33)23-12-15-10-17(27)7-9-22(15)36-23/h2-13H,14H2,1H3. The molecule has 36 heavy (non-hydrogen) atoms. The molecule has 0 bridgehead atoms. The smallest absolute Gasteiger partial charge is 0.343 e. The van der Waals surface area contributed by atoms with Crippen LogP contribution < -0.4 is 10.3 Å². The number of methoxy groups -OCH3 is 1. The Balaban J connectivity index is 1.65. The van der Waals surface area contributed by atoms with Gasteiger partial charge in [0.1, 0.15) is 11.3 Å². The molecule has 0 fully saturated rings. The Morgan fingerprint density at radius 3 is 2.69 bits per heavy atom. The van der Waals surface area contributed by atoms with Crippen LogP contribution in [0.1, 0.15) is 5.56 Å². The Morgan fingerprint density at radius 1 is 1.08 bits per heavy atom. The number of para-hydroxylation sites is 1. The molecule has 3 aromatic carbocycles. The number of aromatic nitrogens is 2. The van der Waals surface area contributed by atoms with Gasteiger partial charge in [0.2, 0.25) is 5.82 Å². The first-order valence-electron chi connectivity index (χ1n) is 10.7. The average molecular weight is 522 g/mol. The molecular weight excluding hydrogens is 505 g/mol. The van der Waals surface area contributed by atoms with Gasteiger partial charge >= 0.3 is 5.97 Å². The molecule has 0 aliphatic carbocycles. The largest absolute Gasteiger partial charge is 0.481 e. The number of carbonyl (C=O) groups excluding carboxylic acids is 1. The maximum atomic E-state index is 13.4. The van der Waals surface area contributed by atoms with Crippen LogP contribution in [0.3, 0.4) is 0 Å². The number of furan rings is 1. The van der Waals surface area contributed by atoms with Gasteiger partial charge in [0.15, 0.2) is 12.4 Å². The molecule has 10 heteroatoms. The van der Waals surface area contributed by atoms with Crippen LogP contribution in [0.4, 0.5) is 0 Å². The molecule has 0 saturated heterocycles. The average Bonchev–Trinajstić information content (AvgIpc) is 3.30. The molecule has 0 unspecified atom stereocenters. The van der Waals surface area contributed by atoms with Gasteiger partial charge in [-0.1, -0.05) is 35.3 Å². The van der Waals surface area contributed by atoms with Gasteiger partial charge in [-0.3, -0.25) is 4.79 Å². The molecule has 5 rings (SSSR count). The lowest BCUT2D eigenvalue weighted by Gasteiger charge is -2.10. The van der Waals surface area contributed by atoms with Gasteiger partial charge in [-0.25, -0.2) is 9.78 Å². The van der Waals surface area contributed by atoms with Crippen molar-refractivity contribution >= 4 is 57.3 Å². The van der Waals surface area contributed by atoms with Crippen molar-refractivity contribution in [1.82, 2.24) is 9.66 Å². The fraction of sp³-hybridized carbons (Fsp3) is 0.0769. The first-order chi connectivity index (χ1) is 17.4. The van der Waals surface area contributed by atoms with Crippen molar-refractivity contribution in [3.05, 3.63) is 92.7 Å². The van der Waals surface area contributed by atoms with E-state index in [1.807, 2.05) is 0 Å². The minimum atomic E-state index is -0.546. The summed E-state index contributed by atoms with van der Waals surface area (Å²) in [6.45, 7) is -0.302. The highest BCUT2D eigenvalue weighted by molar-refractivity contribution is 6.31. The van der Waals surface area contributed by atoms with Gasteiger partial charge in [-0.15, -0.1) is 0 Å². The van der Waals surface area contributed by atoms with Gasteiger partial charge in [0, 0.05) is 21.0 Å². The van der Waals surface area contributed by atoms with Crippen LogP contribution in [-0.2, 0) is 9.53 Å². The first kappa shape index (κ1) is 23.6. The molecule has 0 saturated carbocycles. The molecule has 180 valence electrons. The molecule has 0 amide bonds. The monoisotopic (exact) mass is 521 g/mol. The lowest BCUT2D eigenvalue weighted by Crippen LogP contribution is -2.20. The molecule has 0 spiro atoms. The molecule has 8 nitrogen and oxygen atoms in total. The fourth-order valence-electron chi connectivity index (χ4n) is 3.58. The topological polar surface area (TPSA) is 95.9 Å². The number of ether oxygens (including phenoxy) is 2. The third-order valence-corrected chi connectivity index (χ3v) is 5.78. The van der Waals surface area contributed by atoms with Crippen LogP contribution >= 0.6 is 23.2 Å². The zero-order valence-electron chi connectivity index (χ0n) is 18.8. The van der Waals surface area contributed by atoms with E-state index in [0.717, 1.165) is 10.1 Å². The Bertz CT molecular complexity index is 1710. The third kappa shape index (κ3) is 4.68. The number of carbonyl (C=O) groups is 1. The summed E-state index contributed by atoms with van der Waals surface area (Å²) in [5.41, 5.74) is 1.12. The number of hydrogen-bond acceptors (Lipinski definition) is 7. The summed E-state index contributed by atoms with van der Waals surface area (Å²) in [5, 5.41) is 6.52. The van der Waals surface area contributed by atoms with Crippen molar-refractivity contribution < 1.29 is 18.7 Å². The van der Waals surface area contributed by atoms with Gasteiger partial charge in [0.25, 0.3) is 5.56 Å². The summed E-state index contributed by atoms with van der Waals surface area (Å²) < 4.78 is 17.3. The summed E-state index contributed by atoms with van der Waals surface area (Å²) in [4.78, 5) is 29.6. The molecule has 2 aromatic heterocycles. The highest BCUT2D eigenvalue weighted by Crippen LogP contribution is 2.29. The van der Waals surface area contributed by atoms with E-state index in [1.165, 1.54) is 13.3 Å². The third-order valence-electron chi connectivity index (χ3n) is 5.31. The normalized spacial score (nSPS) is 11.4. The van der Waals surface area contributed by atoms with E-state index in [2.05, 4.69) is 14.8 Å². The van der Waals surface area contributed by atoms with Crippen molar-refractivity contribution in [2.75, 3.05) is 13.7 Å². The van der Waals surface area contributed by atoms with Gasteiger partial charge in [-0.2, -0.15) is 9.78 Å². The van der Waals surface area contributed by atoms with Crippen molar-refractivity contribution in [2.45, 2.75) is 0 Å². The van der Waals surface area contributed by atoms with Gasteiger partial charge in [-0.05, 0) is 54.6 Å². The molecule has 0 aliphatic rings. The molecule has 0 radical (unpaired) electrons. The van der Waals surface area contributed by atoms with E-state index >= 15 is 0 Å². The van der Waals surface area contributed by atoms with E-state index in [0.29, 0.717) is 43.6 Å². The summed E-state index contributed by atoms with van der Waals surface area (Å²) in [6, 6.07) is 18.7. The summed E-state index contributed by atoms with van der Waals surface area (Å²) in [6.07, 6.45) is 1.40. The second-order valence-corrected chi connectivity index (χ2v) is 8.53. The quantitative estimate of drug-likeness (QED) is 0.214. The van der Waals surface area contributed by atoms with Gasteiger partial charge in [0.05, 0.1) is 24.2 Å². The maximum Gasteiger partial charge on any atom is 0.343 e. The molecular formula is C26H17Cl2N3O5. The Morgan fingerprint density at radius 2 is 1.86 bits per heavy atom. The van der Waals surface area contributed by atoms with Crippen LogP contribution in [0.15, 0.2) is 81.0 Å². The van der Waals surface area contributed by atoms with Gasteiger partial charge < -0.3 is 13.9 Å². The SMILES string of the molecule is COC(=O)COc1ccc(Cl)cc1C=Nn1c(-c2cc3cc(Cl)ccc3o2)nc2ccccc2c1=O. The number of fused-ring (bicyclic) bond motifs is 2. The molecule has 0 N–H and O–H groups in total. The van der Waals surface area contributed by atoms with Crippen LogP contribution in [0.5, 0.6) is 5.75 Å². The summed E-state index contributed by atoms with van der Waals surface area (Å²) in [5.74, 6) is 0.312. The Kier molecular flexibility index (Phi) is 6.45. The second-order valence-electron chi connectivity index (χ2n) is 7.65. The van der Waals surface area contributed by atoms with E-state index in [4.69, 9.17) is 32.4 Å². The number of esters is 1. The van der Waals surface area contributed by atoms with Crippen LogP contribution in [0, 0.1) is 0 Å². The first-order valence-corrected chi connectivity index (χ1v) is 11.4. The zero-order valence-corrected chi connectivity index (χ0v) is 20.3. The number of nitrogens with zero attached hydrogens (tertiary/aromatic N) is 3. The highest BCUT2D eigenvalue weighted by atomic mass is 35.5. The predicted octanol–water partition coefficient (Wildman–Crippen LogP) is 5.55. The minimum absolute atomic E-state index is 0.196. The second kappa shape index (κ2) is 9.85. The lowest BCUT2D eigenvalue weighted by atomic mass is 10.2. The lowest BCUT2D eigenvalue weighted by molar-refractivity contribution is -0.142. The number of rotatable bonds is 6. The van der Waals surface area contributed by atoms with E-state index in [-0.39, 0.29) is 12.4 Å². The van der Waals surface area contributed by atoms with Crippen molar-refractivity contribution in [3.8, 4) is 17.3 Å². The molecule has 0 aliphatic heterocycles.